The Morgan fingerprint density at radius 1 is 1.06 bits per heavy atom. The van der Waals surface area contributed by atoms with Crippen LogP contribution in [0.4, 0.5) is 24.7 Å². The van der Waals surface area contributed by atoms with Gasteiger partial charge in [0.2, 0.25) is 21.5 Å². The molecule has 11 nitrogen and oxygen atoms in total. The third-order valence-electron chi connectivity index (χ3n) is 4.81. The van der Waals surface area contributed by atoms with Gasteiger partial charge in [0.1, 0.15) is 5.82 Å². The molecule has 0 saturated carbocycles. The van der Waals surface area contributed by atoms with Crippen LogP contribution in [0.25, 0.3) is 0 Å². The number of amides is 2. The molecule has 0 unspecified atom stereocenters. The van der Waals surface area contributed by atoms with Crippen LogP contribution >= 0.6 is 0 Å². The molecule has 0 radical (unpaired) electrons. The van der Waals surface area contributed by atoms with Crippen LogP contribution in [0, 0.1) is 0 Å². The van der Waals surface area contributed by atoms with E-state index in [2.05, 4.69) is 5.32 Å². The molecule has 2 amide bonds. The van der Waals surface area contributed by atoms with Gasteiger partial charge < -0.3 is 10.6 Å². The lowest BCUT2D eigenvalue weighted by Gasteiger charge is -2.30. The molecule has 3 N–H and O–H groups in total. The summed E-state index contributed by atoms with van der Waals surface area (Å²) in [6.45, 7) is 1.20. The summed E-state index contributed by atoms with van der Waals surface area (Å²) in [5.74, 6) is -3.13. The van der Waals surface area contributed by atoms with Gasteiger partial charge in [-0.15, -0.1) is 0 Å². The molecule has 32 heavy (non-hydrogen) atoms. The molecule has 1 aliphatic rings. The quantitative estimate of drug-likeness (QED) is 0.555. The van der Waals surface area contributed by atoms with Crippen LogP contribution < -0.4 is 26.6 Å². The lowest BCUT2D eigenvalue weighted by Crippen LogP contribution is -2.62. The number of carbonyl (C=O) groups is 2. The molecule has 0 spiro atoms. The second-order valence-electron chi connectivity index (χ2n) is 6.94. The minimum atomic E-state index is -5.60. The first kappa shape index (κ1) is 23.2. The van der Waals surface area contributed by atoms with Gasteiger partial charge in [0.15, 0.2) is 0 Å². The Balaban J connectivity index is 2.22. The van der Waals surface area contributed by atoms with Gasteiger partial charge >= 0.3 is 11.9 Å². The minimum absolute atomic E-state index is 0.176. The molecule has 0 saturated heterocycles. The number of hydrogen-bond donors (Lipinski definition) is 3. The van der Waals surface area contributed by atoms with Crippen LogP contribution in [0.5, 0.6) is 0 Å². The number of fused-ring (bicyclic) bond motifs is 1. The Labute approximate surface area is 177 Å². The molecule has 1 aromatic carbocycles. The molecule has 2 aromatic rings. The zero-order valence-corrected chi connectivity index (χ0v) is 17.5. The van der Waals surface area contributed by atoms with Crippen LogP contribution in [0.15, 0.2) is 38.8 Å². The van der Waals surface area contributed by atoms with Gasteiger partial charge in [0.25, 0.3) is 11.5 Å². The maximum absolute atomic E-state index is 14.3. The number of alkyl halides is 3. The molecular weight excluding hydrogens is 459 g/mol. The van der Waals surface area contributed by atoms with E-state index in [4.69, 9.17) is 0 Å². The molecule has 3 rings (SSSR count). The molecule has 0 bridgehead atoms. The topological polar surface area (TPSA) is 148 Å². The largest absolute Gasteiger partial charge is 0.421 e. The first-order valence-electron chi connectivity index (χ1n) is 8.74. The highest BCUT2D eigenvalue weighted by atomic mass is 32.2. The predicted molar refractivity (Wildman–Crippen MR) is 104 cm³/mol. The van der Waals surface area contributed by atoms with E-state index in [9.17, 15) is 40.8 Å². The Bertz CT molecular complexity index is 1360. The molecule has 0 aliphatic carbocycles. The molecule has 2 heterocycles. The van der Waals surface area contributed by atoms with Crippen LogP contribution in [-0.2, 0) is 39.2 Å². The number of benzene rings is 1. The summed E-state index contributed by atoms with van der Waals surface area (Å²) in [7, 11) is -3.13. The van der Waals surface area contributed by atoms with Gasteiger partial charge in [-0.05, 0) is 24.3 Å². The lowest BCUT2D eigenvalue weighted by molar-refractivity contribution is -0.194. The van der Waals surface area contributed by atoms with Gasteiger partial charge in [-0.1, -0.05) is 0 Å². The molecule has 172 valence electrons. The number of halogens is 3. The van der Waals surface area contributed by atoms with Crippen molar-refractivity contribution in [3.05, 3.63) is 50.7 Å². The second kappa shape index (κ2) is 7.30. The van der Waals surface area contributed by atoms with E-state index < -0.39 is 61.1 Å². The summed E-state index contributed by atoms with van der Waals surface area (Å²) in [5.41, 5.74) is -7.61. The van der Waals surface area contributed by atoms with Crippen molar-refractivity contribution in [2.24, 2.45) is 14.1 Å². The van der Waals surface area contributed by atoms with Crippen LogP contribution in [-0.4, -0.2) is 35.5 Å². The summed E-state index contributed by atoms with van der Waals surface area (Å²) < 4.78 is 70.7. The smallest absolute Gasteiger partial charge is 0.326 e. The standard InChI is InChI=1S/C17H16F3N5O6S/c1-8(26)21-9-4-6-10(7-5-9)32(30,31)23-16(17(18,19)20)11-12(22-14(16)28)24(2)15(29)25(3)13(11)27/h4-7,23H,1-3H3,(H,21,26)(H,22,28)/t16-/m1/s1. The first-order chi connectivity index (χ1) is 14.6. The predicted octanol–water partition coefficient (Wildman–Crippen LogP) is -0.269. The number of sulfonamides is 1. The van der Waals surface area contributed by atoms with E-state index >= 15 is 0 Å². The Morgan fingerprint density at radius 2 is 1.62 bits per heavy atom. The van der Waals surface area contributed by atoms with Gasteiger partial charge in [0, 0.05) is 26.7 Å². The van der Waals surface area contributed by atoms with Crippen molar-refractivity contribution in [1.82, 2.24) is 13.9 Å². The third kappa shape index (κ3) is 3.38. The van der Waals surface area contributed by atoms with E-state index in [0.717, 1.165) is 38.4 Å². The van der Waals surface area contributed by atoms with Crippen molar-refractivity contribution in [3.8, 4) is 0 Å². The maximum Gasteiger partial charge on any atom is 0.421 e. The normalized spacial score (nSPS) is 18.2. The zero-order chi connectivity index (χ0) is 24.2. The van der Waals surface area contributed by atoms with E-state index in [-0.39, 0.29) is 5.69 Å². The average Bonchev–Trinajstić information content (AvgIpc) is 2.97. The van der Waals surface area contributed by atoms with Crippen molar-refractivity contribution >= 4 is 33.3 Å². The Hall–Kier alpha value is -3.46. The van der Waals surface area contributed by atoms with Gasteiger partial charge in [-0.2, -0.15) is 17.9 Å². The number of carbonyl (C=O) groups excluding carboxylic acids is 2. The third-order valence-corrected chi connectivity index (χ3v) is 6.28. The molecule has 15 heteroatoms. The molecule has 1 atom stereocenters. The van der Waals surface area contributed by atoms with Crippen molar-refractivity contribution in [1.29, 1.82) is 0 Å². The maximum atomic E-state index is 14.3. The van der Waals surface area contributed by atoms with E-state index in [1.54, 1.807) is 5.32 Å². The summed E-state index contributed by atoms with van der Waals surface area (Å²) >= 11 is 0. The Kier molecular flexibility index (Phi) is 5.30. The zero-order valence-electron chi connectivity index (χ0n) is 16.7. The second-order valence-corrected chi connectivity index (χ2v) is 8.62. The SMILES string of the molecule is CC(=O)Nc1ccc(S(=O)(=O)N[C@@]2(C(F)(F)F)C(=O)Nc3c2c(=O)n(C)c(=O)n3C)cc1. The average molecular weight is 475 g/mol. The summed E-state index contributed by atoms with van der Waals surface area (Å²) in [4.78, 5) is 47.6. The van der Waals surface area contributed by atoms with Gasteiger partial charge in [0.05, 0.1) is 10.5 Å². The molecular formula is C17H16F3N5O6S. The fourth-order valence-corrected chi connectivity index (χ4v) is 4.58. The molecule has 1 aliphatic heterocycles. The highest BCUT2D eigenvalue weighted by Crippen LogP contribution is 2.45. The molecule has 0 fully saturated rings. The summed E-state index contributed by atoms with van der Waals surface area (Å²) in [6, 6.07) is 4.07. The number of nitrogens with one attached hydrogen (secondary N) is 3. The number of aromatic nitrogens is 2. The Morgan fingerprint density at radius 3 is 2.12 bits per heavy atom. The number of anilines is 2. The van der Waals surface area contributed by atoms with Crippen LogP contribution in [0.1, 0.15) is 12.5 Å². The lowest BCUT2D eigenvalue weighted by atomic mass is 9.93. The van der Waals surface area contributed by atoms with Crippen molar-refractivity contribution in [2.45, 2.75) is 23.5 Å². The monoisotopic (exact) mass is 475 g/mol. The van der Waals surface area contributed by atoms with Gasteiger partial charge in [-0.3, -0.25) is 23.5 Å². The summed E-state index contributed by atoms with van der Waals surface area (Å²) in [6.07, 6.45) is -5.60. The van der Waals surface area contributed by atoms with E-state index in [0.29, 0.717) is 9.13 Å². The number of rotatable bonds is 4. The first-order valence-corrected chi connectivity index (χ1v) is 10.2. The number of nitrogens with zero attached hydrogens (tertiary/aromatic N) is 2. The minimum Gasteiger partial charge on any atom is -0.326 e. The molecule has 1 aromatic heterocycles. The highest BCUT2D eigenvalue weighted by Gasteiger charge is 2.69. The number of hydrogen-bond acceptors (Lipinski definition) is 6. The van der Waals surface area contributed by atoms with Crippen LogP contribution in [0.2, 0.25) is 0 Å². The fraction of sp³-hybridized carbons (Fsp3) is 0.294. The van der Waals surface area contributed by atoms with Crippen LogP contribution in [0.3, 0.4) is 0 Å². The van der Waals surface area contributed by atoms with E-state index in [1.807, 2.05) is 0 Å². The van der Waals surface area contributed by atoms with E-state index in [1.165, 1.54) is 11.6 Å². The summed E-state index contributed by atoms with van der Waals surface area (Å²) in [5, 5.41) is 4.15. The van der Waals surface area contributed by atoms with Crippen molar-refractivity contribution in [3.63, 3.8) is 0 Å². The van der Waals surface area contributed by atoms with Crippen molar-refractivity contribution < 1.29 is 31.2 Å². The van der Waals surface area contributed by atoms with Gasteiger partial charge in [-0.25, -0.2) is 13.2 Å². The van der Waals surface area contributed by atoms with Crippen molar-refractivity contribution in [2.75, 3.05) is 10.6 Å². The fourth-order valence-electron chi connectivity index (χ4n) is 3.25. The highest BCUT2D eigenvalue weighted by molar-refractivity contribution is 7.89.